The summed E-state index contributed by atoms with van der Waals surface area (Å²) in [6.07, 6.45) is 4.50. The SMILES string of the molecule is C=N/C=N\C=C(/C)c1cc(C(=O)Nc2ccc(OC(F)(F)Cl)cc2)cc2ncn([C@@H](C)C(C)(C)O)c12. The number of carbonyl (C=O) groups excluding carboxylic acids is 1. The number of allylic oxidation sites excluding steroid dienone is 1. The van der Waals surface area contributed by atoms with E-state index in [4.69, 9.17) is 11.6 Å². The van der Waals surface area contributed by atoms with E-state index in [-0.39, 0.29) is 11.8 Å². The average Bonchev–Trinajstić information content (AvgIpc) is 3.21. The number of alkyl halides is 3. The molecular weight excluding hydrogens is 492 g/mol. The van der Waals surface area contributed by atoms with Gasteiger partial charge in [-0.15, -0.1) is 8.78 Å². The molecule has 0 aliphatic rings. The predicted molar refractivity (Wildman–Crippen MR) is 138 cm³/mol. The van der Waals surface area contributed by atoms with E-state index in [1.54, 1.807) is 38.5 Å². The lowest BCUT2D eigenvalue weighted by Crippen LogP contribution is -2.30. The fourth-order valence-corrected chi connectivity index (χ4v) is 3.53. The van der Waals surface area contributed by atoms with Gasteiger partial charge in [0.05, 0.1) is 29.0 Å². The second-order valence-electron chi connectivity index (χ2n) is 8.66. The van der Waals surface area contributed by atoms with Gasteiger partial charge in [-0.2, -0.15) is 0 Å². The van der Waals surface area contributed by atoms with Gasteiger partial charge in [0, 0.05) is 34.6 Å². The molecule has 0 aliphatic carbocycles. The fourth-order valence-electron chi connectivity index (χ4n) is 3.44. The number of halogens is 3. The molecule has 0 aliphatic heterocycles. The van der Waals surface area contributed by atoms with Crippen LogP contribution in [0.5, 0.6) is 5.75 Å². The minimum absolute atomic E-state index is 0.154. The molecule has 0 spiro atoms. The Morgan fingerprint density at radius 3 is 2.56 bits per heavy atom. The molecule has 3 aromatic rings. The van der Waals surface area contributed by atoms with Crippen LogP contribution in [0.4, 0.5) is 14.5 Å². The van der Waals surface area contributed by atoms with Crippen molar-refractivity contribution in [3.05, 3.63) is 60.1 Å². The number of aromatic nitrogens is 2. The van der Waals surface area contributed by atoms with Gasteiger partial charge in [-0.05, 0) is 76.4 Å². The molecule has 1 aromatic heterocycles. The zero-order chi connectivity index (χ0) is 26.7. The fraction of sp³-hybridized carbons (Fsp3) is 0.280. The van der Waals surface area contributed by atoms with Crippen molar-refractivity contribution in [2.75, 3.05) is 5.32 Å². The number of amides is 1. The summed E-state index contributed by atoms with van der Waals surface area (Å²) in [5.74, 6) is -0.595. The smallest absolute Gasteiger partial charge is 0.420 e. The number of carbonyl (C=O) groups is 1. The Morgan fingerprint density at radius 1 is 1.31 bits per heavy atom. The molecule has 0 radical (unpaired) electrons. The molecule has 0 saturated carbocycles. The van der Waals surface area contributed by atoms with Gasteiger partial charge in [0.15, 0.2) is 0 Å². The summed E-state index contributed by atoms with van der Waals surface area (Å²) in [6.45, 7) is 10.5. The van der Waals surface area contributed by atoms with E-state index in [1.165, 1.54) is 30.6 Å². The average molecular weight is 518 g/mol. The van der Waals surface area contributed by atoms with E-state index in [0.717, 1.165) is 11.1 Å². The lowest BCUT2D eigenvalue weighted by Gasteiger charge is -2.28. The van der Waals surface area contributed by atoms with Crippen LogP contribution < -0.4 is 10.1 Å². The van der Waals surface area contributed by atoms with Gasteiger partial charge in [-0.25, -0.2) is 9.98 Å². The van der Waals surface area contributed by atoms with Crippen molar-refractivity contribution in [3.8, 4) is 5.75 Å². The third-order valence-electron chi connectivity index (χ3n) is 5.56. The summed E-state index contributed by atoms with van der Waals surface area (Å²) < 4.78 is 31.8. The molecule has 1 amide bonds. The van der Waals surface area contributed by atoms with Gasteiger partial charge in [0.25, 0.3) is 5.91 Å². The summed E-state index contributed by atoms with van der Waals surface area (Å²) in [5.41, 5.74) is -1.53. The van der Waals surface area contributed by atoms with Crippen molar-refractivity contribution in [2.24, 2.45) is 9.98 Å². The number of nitrogens with zero attached hydrogens (tertiary/aromatic N) is 4. The normalized spacial score (nSPS) is 13.7. The van der Waals surface area contributed by atoms with E-state index in [2.05, 4.69) is 31.7 Å². The largest absolute Gasteiger partial charge is 0.487 e. The molecule has 1 atom stereocenters. The van der Waals surface area contributed by atoms with Gasteiger partial charge < -0.3 is 19.7 Å². The predicted octanol–water partition coefficient (Wildman–Crippen LogP) is 5.88. The highest BCUT2D eigenvalue weighted by molar-refractivity contribution is 6.20. The second kappa shape index (κ2) is 10.5. The molecule has 0 saturated heterocycles. The molecule has 2 aromatic carbocycles. The summed E-state index contributed by atoms with van der Waals surface area (Å²) in [5, 5.41) is 13.3. The monoisotopic (exact) mass is 517 g/mol. The molecule has 36 heavy (non-hydrogen) atoms. The first-order valence-corrected chi connectivity index (χ1v) is 11.2. The van der Waals surface area contributed by atoms with Gasteiger partial charge in [-0.3, -0.25) is 9.79 Å². The Morgan fingerprint density at radius 2 is 1.97 bits per heavy atom. The minimum atomic E-state index is -3.83. The van der Waals surface area contributed by atoms with Crippen LogP contribution in [0, 0.1) is 0 Å². The van der Waals surface area contributed by atoms with Crippen LogP contribution in [0.15, 0.2) is 58.9 Å². The number of rotatable bonds is 9. The number of benzene rings is 2. The standard InChI is InChI=1S/C25H26ClF2N5O3/c1-15(12-30-13-29-5)20-10-17(11-21-22(20)33(14-31-21)16(2)24(3,4)35)23(34)32-18-6-8-19(9-7-18)36-25(26,27)28/h6-14,16,35H,5H2,1-4H3,(H,32,34)/b15-12+,30-13-/t16-/m0/s1. The minimum Gasteiger partial charge on any atom is -0.420 e. The third kappa shape index (κ3) is 6.52. The molecule has 8 nitrogen and oxygen atoms in total. The quantitative estimate of drug-likeness (QED) is 0.210. The van der Waals surface area contributed by atoms with Crippen molar-refractivity contribution < 1.29 is 23.4 Å². The maximum atomic E-state index is 13.1. The van der Waals surface area contributed by atoms with Crippen LogP contribution in [0.25, 0.3) is 16.6 Å². The second-order valence-corrected chi connectivity index (χ2v) is 9.10. The number of ether oxygens (including phenoxy) is 1. The zero-order valence-electron chi connectivity index (χ0n) is 20.2. The first-order valence-electron chi connectivity index (χ1n) is 10.8. The summed E-state index contributed by atoms with van der Waals surface area (Å²) in [7, 11) is 0. The van der Waals surface area contributed by atoms with Crippen molar-refractivity contribution in [1.82, 2.24) is 9.55 Å². The number of imidazole rings is 1. The Bertz CT molecular complexity index is 1320. The summed E-state index contributed by atoms with van der Waals surface area (Å²) >= 11 is 4.78. The van der Waals surface area contributed by atoms with Crippen LogP contribution in [-0.2, 0) is 0 Å². The van der Waals surface area contributed by atoms with Crippen LogP contribution in [0.1, 0.15) is 49.7 Å². The van der Waals surface area contributed by atoms with Gasteiger partial charge >= 0.3 is 5.57 Å². The van der Waals surface area contributed by atoms with E-state index in [1.807, 2.05) is 18.4 Å². The van der Waals surface area contributed by atoms with Crippen molar-refractivity contribution in [2.45, 2.75) is 44.9 Å². The Hall–Kier alpha value is -3.63. The first kappa shape index (κ1) is 27.0. The van der Waals surface area contributed by atoms with Crippen molar-refractivity contribution in [3.63, 3.8) is 0 Å². The zero-order valence-corrected chi connectivity index (χ0v) is 20.9. The van der Waals surface area contributed by atoms with Crippen molar-refractivity contribution >= 4 is 52.9 Å². The number of aliphatic imine (C=N–C) groups is 2. The van der Waals surface area contributed by atoms with Gasteiger partial charge in [-0.1, -0.05) is 0 Å². The molecule has 1 heterocycles. The number of hydrogen-bond acceptors (Lipinski definition) is 5. The van der Waals surface area contributed by atoms with Crippen molar-refractivity contribution in [1.29, 1.82) is 0 Å². The van der Waals surface area contributed by atoms with E-state index < -0.39 is 17.1 Å². The van der Waals surface area contributed by atoms with E-state index in [9.17, 15) is 18.7 Å². The maximum absolute atomic E-state index is 13.1. The number of anilines is 1. The third-order valence-corrected chi connectivity index (χ3v) is 5.64. The summed E-state index contributed by atoms with van der Waals surface area (Å²) in [4.78, 5) is 25.2. The Balaban J connectivity index is 2.02. The first-order chi connectivity index (χ1) is 16.8. The molecule has 0 fully saturated rings. The topological polar surface area (TPSA) is 101 Å². The molecule has 190 valence electrons. The van der Waals surface area contributed by atoms with Crippen LogP contribution >= 0.6 is 11.6 Å². The molecule has 3 rings (SSSR count). The lowest BCUT2D eigenvalue weighted by molar-refractivity contribution is -0.0964. The Kier molecular flexibility index (Phi) is 7.90. The molecular formula is C25H26ClF2N5O3. The van der Waals surface area contributed by atoms with Gasteiger partial charge in [0.1, 0.15) is 12.1 Å². The molecule has 0 unspecified atom stereocenters. The number of fused-ring (bicyclic) bond motifs is 1. The van der Waals surface area contributed by atoms with Gasteiger partial charge in [0.2, 0.25) is 0 Å². The highest BCUT2D eigenvalue weighted by atomic mass is 35.5. The number of aliphatic hydroxyl groups is 1. The number of nitrogens with one attached hydrogen (secondary N) is 1. The molecule has 0 bridgehead atoms. The molecule has 2 N–H and O–H groups in total. The summed E-state index contributed by atoms with van der Waals surface area (Å²) in [6, 6.07) is 8.36. The highest BCUT2D eigenvalue weighted by Crippen LogP contribution is 2.32. The van der Waals surface area contributed by atoms with E-state index in [0.29, 0.717) is 22.3 Å². The van der Waals surface area contributed by atoms with Crippen LogP contribution in [0.3, 0.4) is 0 Å². The Labute approximate surface area is 212 Å². The molecule has 11 heteroatoms. The highest BCUT2D eigenvalue weighted by Gasteiger charge is 2.28. The van der Waals surface area contributed by atoms with Crippen LogP contribution in [-0.4, -0.2) is 44.8 Å². The van der Waals surface area contributed by atoms with E-state index >= 15 is 0 Å². The maximum Gasteiger partial charge on any atom is 0.487 e. The van der Waals surface area contributed by atoms with Crippen LogP contribution in [0.2, 0.25) is 0 Å². The number of hydrogen-bond donors (Lipinski definition) is 2. The lowest BCUT2D eigenvalue weighted by atomic mass is 9.98.